The summed E-state index contributed by atoms with van der Waals surface area (Å²) < 4.78 is 6.98. The van der Waals surface area contributed by atoms with Crippen LogP contribution in [0.3, 0.4) is 0 Å². The van der Waals surface area contributed by atoms with Crippen LogP contribution in [0.1, 0.15) is 24.4 Å². The van der Waals surface area contributed by atoms with Crippen LogP contribution in [0.4, 0.5) is 0 Å². The van der Waals surface area contributed by atoms with Crippen molar-refractivity contribution < 1.29 is 9.84 Å². The van der Waals surface area contributed by atoms with E-state index in [0.29, 0.717) is 18.6 Å². The Labute approximate surface area is 97.9 Å². The Morgan fingerprint density at radius 2 is 2.35 bits per heavy atom. The number of hydrogen-bond acceptors (Lipinski definition) is 4. The van der Waals surface area contributed by atoms with E-state index in [9.17, 15) is 9.59 Å². The fraction of sp³-hybridized carbons (Fsp3) is 0.636. The van der Waals surface area contributed by atoms with E-state index in [-0.39, 0.29) is 24.3 Å². The third kappa shape index (κ3) is 2.32. The van der Waals surface area contributed by atoms with E-state index in [1.165, 1.54) is 4.57 Å². The molecule has 0 saturated carbocycles. The molecule has 2 unspecified atom stereocenters. The first kappa shape index (κ1) is 12.1. The maximum absolute atomic E-state index is 11.7. The van der Waals surface area contributed by atoms with Crippen molar-refractivity contribution in [2.24, 2.45) is 0 Å². The van der Waals surface area contributed by atoms with Gasteiger partial charge in [0, 0.05) is 25.0 Å². The molecule has 0 amide bonds. The number of ether oxygens (including phenoxy) is 1. The SMILES string of the molecule is Cc1cn(C2CCOC2CCO)c(=O)[nH]c1=O. The minimum Gasteiger partial charge on any atom is -0.396 e. The van der Waals surface area contributed by atoms with Crippen molar-refractivity contribution in [2.45, 2.75) is 31.9 Å². The van der Waals surface area contributed by atoms with Crippen molar-refractivity contribution in [1.29, 1.82) is 0 Å². The van der Waals surface area contributed by atoms with Gasteiger partial charge in [-0.2, -0.15) is 0 Å². The summed E-state index contributed by atoms with van der Waals surface area (Å²) in [4.78, 5) is 25.3. The first-order valence-corrected chi connectivity index (χ1v) is 5.68. The highest BCUT2D eigenvalue weighted by atomic mass is 16.5. The predicted molar refractivity (Wildman–Crippen MR) is 61.2 cm³/mol. The van der Waals surface area contributed by atoms with Gasteiger partial charge in [0.15, 0.2) is 0 Å². The van der Waals surface area contributed by atoms with Gasteiger partial charge in [-0.15, -0.1) is 0 Å². The second kappa shape index (κ2) is 4.85. The smallest absolute Gasteiger partial charge is 0.328 e. The Balaban J connectivity index is 2.36. The van der Waals surface area contributed by atoms with E-state index in [4.69, 9.17) is 9.84 Å². The highest BCUT2D eigenvalue weighted by Gasteiger charge is 2.30. The Hall–Kier alpha value is -1.40. The summed E-state index contributed by atoms with van der Waals surface area (Å²) in [6.07, 6.45) is 2.61. The molecule has 2 N–H and O–H groups in total. The van der Waals surface area contributed by atoms with Crippen molar-refractivity contribution in [3.05, 3.63) is 32.6 Å². The highest BCUT2D eigenvalue weighted by Crippen LogP contribution is 2.26. The van der Waals surface area contributed by atoms with Crippen molar-refractivity contribution in [3.8, 4) is 0 Å². The molecule has 0 bridgehead atoms. The van der Waals surface area contributed by atoms with Crippen LogP contribution in [0.5, 0.6) is 0 Å². The monoisotopic (exact) mass is 240 g/mol. The standard InChI is InChI=1S/C11H16N2O4/c1-7-6-13(11(16)12-10(7)15)8-3-5-17-9(8)2-4-14/h6,8-9,14H,2-5H2,1H3,(H,12,15,16). The van der Waals surface area contributed by atoms with E-state index in [1.807, 2.05) is 0 Å². The number of aliphatic hydroxyl groups excluding tert-OH is 1. The van der Waals surface area contributed by atoms with Crippen LogP contribution in [-0.2, 0) is 4.74 Å². The number of nitrogens with zero attached hydrogens (tertiary/aromatic N) is 1. The van der Waals surface area contributed by atoms with Crippen molar-refractivity contribution >= 4 is 0 Å². The van der Waals surface area contributed by atoms with Crippen LogP contribution >= 0.6 is 0 Å². The molecule has 2 atom stereocenters. The molecular weight excluding hydrogens is 224 g/mol. The number of H-pyrrole nitrogens is 1. The van der Waals surface area contributed by atoms with E-state index < -0.39 is 5.69 Å². The maximum atomic E-state index is 11.7. The topological polar surface area (TPSA) is 84.3 Å². The first-order chi connectivity index (χ1) is 8.13. The summed E-state index contributed by atoms with van der Waals surface area (Å²) in [5.41, 5.74) is -0.276. The van der Waals surface area contributed by atoms with Gasteiger partial charge in [-0.1, -0.05) is 0 Å². The Morgan fingerprint density at radius 1 is 1.59 bits per heavy atom. The summed E-state index contributed by atoms with van der Waals surface area (Å²) in [6, 6.07) is -0.106. The van der Waals surface area contributed by atoms with Gasteiger partial charge in [0.1, 0.15) is 0 Å². The fourth-order valence-corrected chi connectivity index (χ4v) is 2.19. The van der Waals surface area contributed by atoms with Crippen molar-refractivity contribution in [1.82, 2.24) is 9.55 Å². The zero-order chi connectivity index (χ0) is 12.4. The summed E-state index contributed by atoms with van der Waals surface area (Å²) in [5, 5.41) is 8.93. The Kier molecular flexibility index (Phi) is 3.44. The lowest BCUT2D eigenvalue weighted by atomic mass is 10.1. The average molecular weight is 240 g/mol. The number of aromatic nitrogens is 2. The molecule has 1 fully saturated rings. The van der Waals surface area contributed by atoms with Gasteiger partial charge in [0.05, 0.1) is 12.1 Å². The van der Waals surface area contributed by atoms with E-state index in [1.54, 1.807) is 13.1 Å². The summed E-state index contributed by atoms with van der Waals surface area (Å²) >= 11 is 0. The number of hydrogen-bond donors (Lipinski definition) is 2. The molecular formula is C11H16N2O4. The third-order valence-electron chi connectivity index (χ3n) is 3.09. The molecule has 1 saturated heterocycles. The lowest BCUT2D eigenvalue weighted by molar-refractivity contribution is 0.0684. The molecule has 1 aromatic rings. The Bertz CT molecular complexity index is 505. The van der Waals surface area contributed by atoms with E-state index in [2.05, 4.69) is 4.98 Å². The molecule has 2 rings (SSSR count). The van der Waals surface area contributed by atoms with Gasteiger partial charge in [-0.05, 0) is 19.8 Å². The number of aliphatic hydroxyl groups is 1. The molecule has 6 heteroatoms. The molecule has 1 aliphatic rings. The van der Waals surface area contributed by atoms with E-state index >= 15 is 0 Å². The highest BCUT2D eigenvalue weighted by molar-refractivity contribution is 5.03. The molecule has 2 heterocycles. The molecule has 0 spiro atoms. The lowest BCUT2D eigenvalue weighted by Gasteiger charge is -2.19. The zero-order valence-electron chi connectivity index (χ0n) is 9.68. The van der Waals surface area contributed by atoms with E-state index in [0.717, 1.165) is 6.42 Å². The third-order valence-corrected chi connectivity index (χ3v) is 3.09. The molecule has 94 valence electrons. The van der Waals surface area contributed by atoms with Gasteiger partial charge in [0.2, 0.25) is 0 Å². The van der Waals surface area contributed by atoms with Crippen LogP contribution in [0.25, 0.3) is 0 Å². The number of aryl methyl sites for hydroxylation is 1. The van der Waals surface area contributed by atoms with Gasteiger partial charge in [-0.3, -0.25) is 14.3 Å². The van der Waals surface area contributed by atoms with Gasteiger partial charge in [0.25, 0.3) is 5.56 Å². The quantitative estimate of drug-likeness (QED) is 0.750. The minimum atomic E-state index is -0.418. The fourth-order valence-electron chi connectivity index (χ4n) is 2.19. The number of nitrogens with one attached hydrogen (secondary N) is 1. The van der Waals surface area contributed by atoms with Gasteiger partial charge in [-0.25, -0.2) is 4.79 Å². The normalized spacial score (nSPS) is 24.1. The Morgan fingerprint density at radius 3 is 3.06 bits per heavy atom. The second-order valence-electron chi connectivity index (χ2n) is 4.26. The first-order valence-electron chi connectivity index (χ1n) is 5.68. The molecule has 1 aromatic heterocycles. The molecule has 0 aliphatic carbocycles. The average Bonchev–Trinajstić information content (AvgIpc) is 2.72. The predicted octanol–water partition coefficient (Wildman–Crippen LogP) is -0.443. The molecule has 17 heavy (non-hydrogen) atoms. The number of aromatic amines is 1. The molecule has 0 aromatic carbocycles. The lowest BCUT2D eigenvalue weighted by Crippen LogP contribution is -2.36. The maximum Gasteiger partial charge on any atom is 0.328 e. The zero-order valence-corrected chi connectivity index (χ0v) is 9.68. The van der Waals surface area contributed by atoms with Crippen LogP contribution in [-0.4, -0.2) is 34.0 Å². The number of rotatable bonds is 3. The molecule has 0 radical (unpaired) electrons. The van der Waals surface area contributed by atoms with Crippen LogP contribution in [0.15, 0.2) is 15.8 Å². The van der Waals surface area contributed by atoms with Gasteiger partial charge >= 0.3 is 5.69 Å². The van der Waals surface area contributed by atoms with Crippen LogP contribution in [0, 0.1) is 6.92 Å². The second-order valence-corrected chi connectivity index (χ2v) is 4.26. The van der Waals surface area contributed by atoms with Gasteiger partial charge < -0.3 is 9.84 Å². The van der Waals surface area contributed by atoms with Crippen LogP contribution < -0.4 is 11.2 Å². The molecule has 1 aliphatic heterocycles. The summed E-state index contributed by atoms with van der Waals surface area (Å²) in [6.45, 7) is 2.25. The largest absolute Gasteiger partial charge is 0.396 e. The van der Waals surface area contributed by atoms with Crippen molar-refractivity contribution in [3.63, 3.8) is 0 Å². The van der Waals surface area contributed by atoms with Crippen LogP contribution in [0.2, 0.25) is 0 Å². The minimum absolute atomic E-state index is 0.0260. The molecule has 6 nitrogen and oxygen atoms in total. The summed E-state index contributed by atoms with van der Waals surface area (Å²) in [5.74, 6) is 0. The van der Waals surface area contributed by atoms with Crippen molar-refractivity contribution in [2.75, 3.05) is 13.2 Å². The summed E-state index contributed by atoms with van der Waals surface area (Å²) in [7, 11) is 0.